The molecule has 1 saturated carbocycles. The van der Waals surface area contributed by atoms with Gasteiger partial charge in [-0.1, -0.05) is 29.8 Å². The van der Waals surface area contributed by atoms with E-state index in [1.54, 1.807) is 0 Å². The van der Waals surface area contributed by atoms with Crippen molar-refractivity contribution in [3.05, 3.63) is 35.4 Å². The van der Waals surface area contributed by atoms with Gasteiger partial charge in [-0.2, -0.15) is 0 Å². The average molecular weight is 281 g/mol. The van der Waals surface area contributed by atoms with E-state index in [0.717, 1.165) is 6.54 Å². The number of hydrogen-bond acceptors (Lipinski definition) is 3. The minimum atomic E-state index is -2.89. The Morgan fingerprint density at radius 1 is 1.37 bits per heavy atom. The van der Waals surface area contributed by atoms with Gasteiger partial charge < -0.3 is 5.32 Å². The van der Waals surface area contributed by atoms with Crippen molar-refractivity contribution in [2.45, 2.75) is 38.1 Å². The number of nitrogens with one attached hydrogen (secondary N) is 1. The van der Waals surface area contributed by atoms with Crippen LogP contribution >= 0.6 is 0 Å². The molecule has 1 aliphatic carbocycles. The predicted molar refractivity (Wildman–Crippen MR) is 79.3 cm³/mol. The lowest BCUT2D eigenvalue weighted by Gasteiger charge is -2.18. The maximum Gasteiger partial charge on any atom is 0.147 e. The lowest BCUT2D eigenvalue weighted by molar-refractivity contribution is 0.556. The summed E-state index contributed by atoms with van der Waals surface area (Å²) >= 11 is 0. The van der Waals surface area contributed by atoms with Crippen molar-refractivity contribution in [1.29, 1.82) is 0 Å². The van der Waals surface area contributed by atoms with Crippen LogP contribution in [0.15, 0.2) is 24.3 Å². The molecule has 1 fully saturated rings. The summed E-state index contributed by atoms with van der Waals surface area (Å²) in [5.41, 5.74) is 2.48. The van der Waals surface area contributed by atoms with Crippen molar-refractivity contribution in [1.82, 2.24) is 5.32 Å². The molecule has 2 rings (SSSR count). The second-order valence-corrected chi connectivity index (χ2v) is 7.97. The average Bonchev–Trinajstić information content (AvgIpc) is 3.11. The Bertz CT molecular complexity index is 521. The topological polar surface area (TPSA) is 46.2 Å². The lowest BCUT2D eigenvalue weighted by atomic mass is 9.95. The van der Waals surface area contributed by atoms with E-state index < -0.39 is 9.84 Å². The number of sulfone groups is 1. The van der Waals surface area contributed by atoms with Gasteiger partial charge in [0.05, 0.1) is 5.75 Å². The SMILES string of the molecule is Cc1cccc(C(CCS(C)(=O)=O)CNC2CC2)c1. The summed E-state index contributed by atoms with van der Waals surface area (Å²) < 4.78 is 22.7. The smallest absolute Gasteiger partial charge is 0.147 e. The number of hydrogen-bond donors (Lipinski definition) is 1. The molecule has 1 aromatic carbocycles. The monoisotopic (exact) mass is 281 g/mol. The van der Waals surface area contributed by atoms with E-state index in [-0.39, 0.29) is 11.7 Å². The van der Waals surface area contributed by atoms with E-state index in [9.17, 15) is 8.42 Å². The summed E-state index contributed by atoms with van der Waals surface area (Å²) in [5.74, 6) is 0.549. The molecule has 0 spiro atoms. The van der Waals surface area contributed by atoms with E-state index in [1.165, 1.54) is 30.2 Å². The number of benzene rings is 1. The van der Waals surface area contributed by atoms with Crippen LogP contribution in [0.3, 0.4) is 0 Å². The minimum absolute atomic E-state index is 0.262. The van der Waals surface area contributed by atoms with Gasteiger partial charge in [-0.05, 0) is 37.7 Å². The first-order chi connectivity index (χ1) is 8.94. The quantitative estimate of drug-likeness (QED) is 0.834. The van der Waals surface area contributed by atoms with Gasteiger partial charge in [-0.25, -0.2) is 8.42 Å². The molecule has 0 saturated heterocycles. The summed E-state index contributed by atoms with van der Waals surface area (Å²) in [6, 6.07) is 9.06. The normalized spacial score (nSPS) is 17.4. The van der Waals surface area contributed by atoms with Crippen molar-refractivity contribution in [2.75, 3.05) is 18.6 Å². The Hall–Kier alpha value is -0.870. The van der Waals surface area contributed by atoms with Gasteiger partial charge in [-0.3, -0.25) is 0 Å². The molecule has 1 unspecified atom stereocenters. The van der Waals surface area contributed by atoms with Crippen LogP contribution < -0.4 is 5.32 Å². The largest absolute Gasteiger partial charge is 0.313 e. The Kier molecular flexibility index (Phi) is 4.63. The van der Waals surface area contributed by atoms with E-state index >= 15 is 0 Å². The fourth-order valence-corrected chi connectivity index (χ4v) is 2.98. The second kappa shape index (κ2) is 6.06. The minimum Gasteiger partial charge on any atom is -0.313 e. The molecule has 0 aliphatic heterocycles. The van der Waals surface area contributed by atoms with Gasteiger partial charge in [0.1, 0.15) is 9.84 Å². The number of aryl methyl sites for hydroxylation is 1. The first kappa shape index (κ1) is 14.5. The standard InChI is InChI=1S/C15H23NO2S/c1-12-4-3-5-13(10-12)14(8-9-19(2,17)18)11-16-15-6-7-15/h3-5,10,14-16H,6-9,11H2,1-2H3. The molecular formula is C15H23NO2S. The van der Waals surface area contributed by atoms with E-state index in [2.05, 4.69) is 36.5 Å². The number of rotatable bonds is 7. The van der Waals surface area contributed by atoms with Crippen molar-refractivity contribution >= 4 is 9.84 Å². The fraction of sp³-hybridized carbons (Fsp3) is 0.600. The Labute approximate surface area is 116 Å². The molecule has 1 atom stereocenters. The molecule has 0 radical (unpaired) electrons. The highest BCUT2D eigenvalue weighted by molar-refractivity contribution is 7.90. The van der Waals surface area contributed by atoms with Crippen LogP contribution in [-0.4, -0.2) is 33.0 Å². The van der Waals surface area contributed by atoms with E-state index in [0.29, 0.717) is 12.5 Å². The zero-order chi connectivity index (χ0) is 13.9. The van der Waals surface area contributed by atoms with Crippen molar-refractivity contribution < 1.29 is 8.42 Å². The molecule has 106 valence electrons. The van der Waals surface area contributed by atoms with Crippen molar-refractivity contribution in [3.63, 3.8) is 0 Å². The molecule has 19 heavy (non-hydrogen) atoms. The van der Waals surface area contributed by atoms with Crippen LogP contribution in [0.5, 0.6) is 0 Å². The van der Waals surface area contributed by atoms with Gasteiger partial charge in [0.2, 0.25) is 0 Å². The highest BCUT2D eigenvalue weighted by atomic mass is 32.2. The van der Waals surface area contributed by atoms with Gasteiger partial charge >= 0.3 is 0 Å². The highest BCUT2D eigenvalue weighted by Crippen LogP contribution is 2.24. The molecule has 1 aromatic rings. The molecule has 0 bridgehead atoms. The highest BCUT2D eigenvalue weighted by Gasteiger charge is 2.23. The maximum atomic E-state index is 11.4. The van der Waals surface area contributed by atoms with Gasteiger partial charge in [0.15, 0.2) is 0 Å². The van der Waals surface area contributed by atoms with Crippen molar-refractivity contribution in [3.8, 4) is 0 Å². The summed E-state index contributed by atoms with van der Waals surface area (Å²) in [5, 5.41) is 3.52. The molecule has 1 aliphatic rings. The lowest BCUT2D eigenvalue weighted by Crippen LogP contribution is -2.25. The summed E-state index contributed by atoms with van der Waals surface area (Å²) in [6.07, 6.45) is 4.52. The van der Waals surface area contributed by atoms with Crippen LogP contribution in [-0.2, 0) is 9.84 Å². The first-order valence-corrected chi connectivity index (χ1v) is 8.98. The summed E-state index contributed by atoms with van der Waals surface area (Å²) in [7, 11) is -2.89. The Morgan fingerprint density at radius 2 is 2.11 bits per heavy atom. The van der Waals surface area contributed by atoms with Crippen LogP contribution in [0.1, 0.15) is 36.3 Å². The van der Waals surface area contributed by atoms with Gasteiger partial charge in [0.25, 0.3) is 0 Å². The van der Waals surface area contributed by atoms with E-state index in [4.69, 9.17) is 0 Å². The van der Waals surface area contributed by atoms with E-state index in [1.807, 2.05) is 0 Å². The molecule has 4 heteroatoms. The first-order valence-electron chi connectivity index (χ1n) is 6.92. The third kappa shape index (κ3) is 5.33. The predicted octanol–water partition coefficient (Wildman–Crippen LogP) is 2.27. The summed E-state index contributed by atoms with van der Waals surface area (Å²) in [4.78, 5) is 0. The van der Waals surface area contributed by atoms with Gasteiger partial charge in [-0.15, -0.1) is 0 Å². The third-order valence-electron chi connectivity index (χ3n) is 3.58. The zero-order valence-corrected chi connectivity index (χ0v) is 12.5. The molecular weight excluding hydrogens is 258 g/mol. The van der Waals surface area contributed by atoms with Gasteiger partial charge in [0, 0.05) is 18.8 Å². The van der Waals surface area contributed by atoms with Crippen LogP contribution in [0.25, 0.3) is 0 Å². The Balaban J connectivity index is 2.03. The van der Waals surface area contributed by atoms with Crippen molar-refractivity contribution in [2.24, 2.45) is 0 Å². The van der Waals surface area contributed by atoms with Crippen LogP contribution in [0, 0.1) is 6.92 Å². The summed E-state index contributed by atoms with van der Waals surface area (Å²) in [6.45, 7) is 2.95. The molecule has 0 heterocycles. The zero-order valence-electron chi connectivity index (χ0n) is 11.7. The molecule has 0 amide bonds. The fourth-order valence-electron chi connectivity index (χ4n) is 2.26. The Morgan fingerprint density at radius 3 is 2.68 bits per heavy atom. The maximum absolute atomic E-state index is 11.4. The second-order valence-electron chi connectivity index (χ2n) is 5.71. The van der Waals surface area contributed by atoms with Crippen LogP contribution in [0.2, 0.25) is 0 Å². The third-order valence-corrected chi connectivity index (χ3v) is 4.56. The molecule has 1 N–H and O–H groups in total. The molecule has 0 aromatic heterocycles. The van der Waals surface area contributed by atoms with Crippen LogP contribution in [0.4, 0.5) is 0 Å². The molecule has 3 nitrogen and oxygen atoms in total.